The number of pyridine rings is 1. The van der Waals surface area contributed by atoms with Crippen LogP contribution in [0.25, 0.3) is 0 Å². The van der Waals surface area contributed by atoms with Crippen molar-refractivity contribution >= 4 is 5.91 Å². The van der Waals surface area contributed by atoms with Crippen molar-refractivity contribution in [2.75, 3.05) is 27.2 Å². The Morgan fingerprint density at radius 2 is 2.15 bits per heavy atom. The highest BCUT2D eigenvalue weighted by molar-refractivity contribution is 5.75. The molecule has 1 amide bonds. The minimum Gasteiger partial charge on any atom is -0.344 e. The van der Waals surface area contributed by atoms with Crippen LogP contribution in [0.1, 0.15) is 24.4 Å². The van der Waals surface area contributed by atoms with E-state index in [2.05, 4.69) is 23.2 Å². The molecule has 0 spiro atoms. The molecule has 2 aromatic rings. The summed E-state index contributed by atoms with van der Waals surface area (Å²) in [5, 5.41) is 4.31. The Balaban J connectivity index is 1.70. The van der Waals surface area contributed by atoms with Crippen LogP contribution in [0, 0.1) is 5.92 Å². The fourth-order valence-corrected chi connectivity index (χ4v) is 3.88. The Hall–Kier alpha value is -2.41. The molecule has 0 unspecified atom stereocenters. The van der Waals surface area contributed by atoms with E-state index in [1.54, 1.807) is 23.2 Å². The monoisotopic (exact) mass is 357 g/mol. The highest BCUT2D eigenvalue weighted by Crippen LogP contribution is 2.35. The van der Waals surface area contributed by atoms with Crippen molar-refractivity contribution in [1.29, 1.82) is 0 Å². The number of piperidine rings is 1. The van der Waals surface area contributed by atoms with Gasteiger partial charge in [0.1, 0.15) is 6.54 Å². The fraction of sp³-hybridized carbons (Fsp3) is 0.526. The van der Waals surface area contributed by atoms with E-state index in [0.717, 1.165) is 19.4 Å². The first-order chi connectivity index (χ1) is 12.5. The van der Waals surface area contributed by atoms with Crippen LogP contribution >= 0.6 is 0 Å². The topological polar surface area (TPSA) is 63.4 Å². The Morgan fingerprint density at radius 1 is 1.35 bits per heavy atom. The SMILES string of the molecule is CN(C[C@@H]1CCCN(C)[C@H]1c1cnn(C)c1)C(=O)Cn1ccccc1=O. The number of likely N-dealkylation sites (N-methyl/N-ethyl adjacent to an activating group) is 1. The van der Waals surface area contributed by atoms with E-state index < -0.39 is 0 Å². The van der Waals surface area contributed by atoms with Crippen LogP contribution in [0.5, 0.6) is 0 Å². The molecule has 0 saturated carbocycles. The first-order valence-electron chi connectivity index (χ1n) is 9.04. The van der Waals surface area contributed by atoms with Crippen LogP contribution < -0.4 is 5.56 Å². The lowest BCUT2D eigenvalue weighted by Crippen LogP contribution is -2.43. The summed E-state index contributed by atoms with van der Waals surface area (Å²) in [4.78, 5) is 28.5. The van der Waals surface area contributed by atoms with Crippen molar-refractivity contribution in [3.05, 3.63) is 52.7 Å². The summed E-state index contributed by atoms with van der Waals surface area (Å²) in [6.45, 7) is 1.80. The highest BCUT2D eigenvalue weighted by atomic mass is 16.2. The van der Waals surface area contributed by atoms with Crippen molar-refractivity contribution in [3.63, 3.8) is 0 Å². The van der Waals surface area contributed by atoms with Gasteiger partial charge in [-0.3, -0.25) is 19.2 Å². The standard InChI is InChI=1S/C19H27N5O2/c1-21-9-6-7-15(19(21)16-11-20-23(3)13-16)12-22(2)18(26)14-24-10-5-4-8-17(24)25/h4-5,8,10-11,13,15,19H,6-7,9,12,14H2,1-3H3/t15-,19+/m0/s1. The summed E-state index contributed by atoms with van der Waals surface area (Å²) < 4.78 is 3.27. The molecule has 7 nitrogen and oxygen atoms in total. The predicted octanol–water partition coefficient (Wildman–Crippen LogP) is 1.12. The van der Waals surface area contributed by atoms with Crippen molar-refractivity contribution in [3.8, 4) is 0 Å². The second-order valence-electron chi connectivity index (χ2n) is 7.22. The number of aromatic nitrogens is 3. The zero-order valence-electron chi connectivity index (χ0n) is 15.7. The summed E-state index contributed by atoms with van der Waals surface area (Å²) in [5.41, 5.74) is 1.04. The first-order valence-corrected chi connectivity index (χ1v) is 9.04. The zero-order valence-corrected chi connectivity index (χ0v) is 15.7. The fourth-order valence-electron chi connectivity index (χ4n) is 3.88. The van der Waals surface area contributed by atoms with Crippen LogP contribution in [0.4, 0.5) is 0 Å². The molecule has 26 heavy (non-hydrogen) atoms. The summed E-state index contributed by atoms with van der Waals surface area (Å²) in [6.07, 6.45) is 7.83. The number of hydrogen-bond acceptors (Lipinski definition) is 4. The smallest absolute Gasteiger partial charge is 0.250 e. The molecule has 1 saturated heterocycles. The number of nitrogens with zero attached hydrogens (tertiary/aromatic N) is 5. The first kappa shape index (κ1) is 18.4. The lowest BCUT2D eigenvalue weighted by Gasteiger charge is -2.40. The van der Waals surface area contributed by atoms with Crippen LogP contribution in [0.3, 0.4) is 0 Å². The van der Waals surface area contributed by atoms with Gasteiger partial charge in [0.05, 0.1) is 6.20 Å². The minimum atomic E-state index is -0.153. The van der Waals surface area contributed by atoms with Crippen LogP contribution in [-0.4, -0.2) is 57.2 Å². The molecule has 3 rings (SSSR count). The van der Waals surface area contributed by atoms with E-state index in [-0.39, 0.29) is 24.1 Å². The van der Waals surface area contributed by atoms with Gasteiger partial charge in [-0.1, -0.05) is 6.07 Å². The Morgan fingerprint density at radius 3 is 2.85 bits per heavy atom. The molecule has 140 valence electrons. The maximum absolute atomic E-state index is 12.6. The molecule has 1 fully saturated rings. The van der Waals surface area contributed by atoms with E-state index in [4.69, 9.17) is 0 Å². The van der Waals surface area contributed by atoms with Gasteiger partial charge in [0.15, 0.2) is 0 Å². The van der Waals surface area contributed by atoms with E-state index in [9.17, 15) is 9.59 Å². The summed E-state index contributed by atoms with van der Waals surface area (Å²) in [7, 11) is 5.88. The summed E-state index contributed by atoms with van der Waals surface area (Å²) in [6, 6.07) is 5.18. The number of carbonyl (C=O) groups is 1. The third-order valence-electron chi connectivity index (χ3n) is 5.21. The molecule has 1 aliphatic heterocycles. The molecule has 2 atom stereocenters. The van der Waals surface area contributed by atoms with Gasteiger partial charge < -0.3 is 9.47 Å². The maximum Gasteiger partial charge on any atom is 0.250 e. The number of likely N-dealkylation sites (tertiary alicyclic amines) is 1. The van der Waals surface area contributed by atoms with Gasteiger partial charge in [-0.05, 0) is 38.4 Å². The minimum absolute atomic E-state index is 0.0449. The number of amides is 1. The lowest BCUT2D eigenvalue weighted by atomic mass is 9.85. The van der Waals surface area contributed by atoms with Gasteiger partial charge >= 0.3 is 0 Å². The molecule has 7 heteroatoms. The predicted molar refractivity (Wildman–Crippen MR) is 99.6 cm³/mol. The number of hydrogen-bond donors (Lipinski definition) is 0. The molecule has 3 heterocycles. The second-order valence-corrected chi connectivity index (χ2v) is 7.22. The molecule has 0 radical (unpaired) electrons. The molecule has 0 aromatic carbocycles. The normalized spacial score (nSPS) is 20.9. The zero-order chi connectivity index (χ0) is 18.7. The number of aryl methyl sites for hydroxylation is 1. The van der Waals surface area contributed by atoms with E-state index in [0.29, 0.717) is 12.5 Å². The third kappa shape index (κ3) is 4.04. The van der Waals surface area contributed by atoms with Crippen molar-refractivity contribution in [2.24, 2.45) is 13.0 Å². The largest absolute Gasteiger partial charge is 0.344 e. The van der Waals surface area contributed by atoms with Crippen molar-refractivity contribution < 1.29 is 4.79 Å². The maximum atomic E-state index is 12.6. The molecule has 2 aromatic heterocycles. The van der Waals surface area contributed by atoms with Gasteiger partial charge in [-0.15, -0.1) is 0 Å². The molecule has 0 N–H and O–H groups in total. The van der Waals surface area contributed by atoms with Gasteiger partial charge in [0, 0.05) is 50.7 Å². The quantitative estimate of drug-likeness (QED) is 0.805. The molecule has 1 aliphatic rings. The van der Waals surface area contributed by atoms with Crippen LogP contribution in [-0.2, 0) is 18.4 Å². The second kappa shape index (κ2) is 7.86. The average molecular weight is 357 g/mol. The summed E-state index contributed by atoms with van der Waals surface area (Å²) >= 11 is 0. The van der Waals surface area contributed by atoms with Gasteiger partial charge in [-0.25, -0.2) is 0 Å². The number of rotatable bonds is 5. The van der Waals surface area contributed by atoms with Crippen LogP contribution in [0.15, 0.2) is 41.6 Å². The third-order valence-corrected chi connectivity index (χ3v) is 5.21. The molecule has 0 aliphatic carbocycles. The highest BCUT2D eigenvalue weighted by Gasteiger charge is 2.32. The summed E-state index contributed by atoms with van der Waals surface area (Å²) in [5.74, 6) is 0.302. The van der Waals surface area contributed by atoms with Crippen LogP contribution in [0.2, 0.25) is 0 Å². The van der Waals surface area contributed by atoms with E-state index in [1.165, 1.54) is 16.2 Å². The van der Waals surface area contributed by atoms with Gasteiger partial charge in [-0.2, -0.15) is 5.10 Å². The molecular weight excluding hydrogens is 330 g/mol. The Kier molecular flexibility index (Phi) is 5.56. The Labute approximate surface area is 153 Å². The van der Waals surface area contributed by atoms with E-state index in [1.807, 2.05) is 25.0 Å². The van der Waals surface area contributed by atoms with Gasteiger partial charge in [0.25, 0.3) is 5.56 Å². The molecular formula is C19H27N5O2. The molecule has 0 bridgehead atoms. The number of carbonyl (C=O) groups excluding carboxylic acids is 1. The average Bonchev–Trinajstić information content (AvgIpc) is 3.03. The van der Waals surface area contributed by atoms with Crippen molar-refractivity contribution in [2.45, 2.75) is 25.4 Å². The van der Waals surface area contributed by atoms with Crippen molar-refractivity contribution in [1.82, 2.24) is 24.1 Å². The van der Waals surface area contributed by atoms with Gasteiger partial charge in [0.2, 0.25) is 5.91 Å². The lowest BCUT2D eigenvalue weighted by molar-refractivity contribution is -0.131. The Bertz CT molecular complexity index is 812. The van der Waals surface area contributed by atoms with E-state index >= 15 is 0 Å².